The van der Waals surface area contributed by atoms with Gasteiger partial charge in [-0.3, -0.25) is 9.59 Å². The van der Waals surface area contributed by atoms with Crippen molar-refractivity contribution >= 4 is 21.7 Å². The van der Waals surface area contributed by atoms with Crippen LogP contribution in [-0.4, -0.2) is 44.0 Å². The Kier molecular flexibility index (Phi) is 7.46. The van der Waals surface area contributed by atoms with E-state index in [1.54, 1.807) is 12.1 Å². The van der Waals surface area contributed by atoms with Crippen molar-refractivity contribution in [3.63, 3.8) is 0 Å². The molecule has 2 amide bonds. The number of likely N-dealkylation sites (tertiary alicyclic amines) is 1. The summed E-state index contributed by atoms with van der Waals surface area (Å²) in [5.74, 6) is -1.21. The number of carbonyl (C=O) groups excluding carboxylic acids is 2. The van der Waals surface area contributed by atoms with E-state index in [1.165, 1.54) is 29.2 Å². The first-order chi connectivity index (χ1) is 15.5. The minimum atomic E-state index is -4.56. The highest BCUT2D eigenvalue weighted by Gasteiger charge is 2.32. The number of nitrogens with zero attached hydrogens (tertiary/aromatic N) is 1. The lowest BCUT2D eigenvalue weighted by atomic mass is 10.0. The molecule has 178 valence electrons. The van der Waals surface area contributed by atoms with E-state index in [-0.39, 0.29) is 29.3 Å². The molecule has 0 spiro atoms. The van der Waals surface area contributed by atoms with Crippen molar-refractivity contribution in [3.05, 3.63) is 65.2 Å². The van der Waals surface area contributed by atoms with Gasteiger partial charge in [-0.2, -0.15) is 13.2 Å². The van der Waals surface area contributed by atoms with E-state index in [4.69, 9.17) is 0 Å². The number of alkyl halides is 3. The maximum absolute atomic E-state index is 13.2. The lowest BCUT2D eigenvalue weighted by molar-refractivity contribution is -0.137. The second-order valence-corrected chi connectivity index (χ2v) is 10.2. The van der Waals surface area contributed by atoms with E-state index < -0.39 is 39.3 Å². The average molecular weight is 483 g/mol. The number of halogens is 3. The molecule has 1 aliphatic rings. The van der Waals surface area contributed by atoms with Crippen LogP contribution in [0.2, 0.25) is 0 Å². The fourth-order valence-corrected chi connectivity index (χ4v) is 4.88. The van der Waals surface area contributed by atoms with Gasteiger partial charge in [-0.25, -0.2) is 8.42 Å². The molecule has 0 aromatic heterocycles. The topological polar surface area (TPSA) is 83.6 Å². The number of sulfone groups is 1. The largest absolute Gasteiger partial charge is 0.416 e. The van der Waals surface area contributed by atoms with Gasteiger partial charge in [0.05, 0.1) is 22.3 Å². The Morgan fingerprint density at radius 3 is 2.45 bits per heavy atom. The van der Waals surface area contributed by atoms with Gasteiger partial charge in [0.1, 0.15) is 0 Å². The van der Waals surface area contributed by atoms with Crippen LogP contribution >= 0.6 is 0 Å². The van der Waals surface area contributed by atoms with Crippen molar-refractivity contribution in [1.29, 1.82) is 0 Å². The number of carbonyl (C=O) groups is 2. The van der Waals surface area contributed by atoms with Crippen molar-refractivity contribution in [3.8, 4) is 0 Å². The van der Waals surface area contributed by atoms with E-state index in [2.05, 4.69) is 5.32 Å². The van der Waals surface area contributed by atoms with Crippen molar-refractivity contribution < 1.29 is 31.2 Å². The fraction of sp³-hybridized carbons (Fsp3) is 0.391. The molecule has 1 aliphatic heterocycles. The number of hydrogen-bond donors (Lipinski definition) is 1. The van der Waals surface area contributed by atoms with Crippen LogP contribution in [0.5, 0.6) is 0 Å². The van der Waals surface area contributed by atoms with Crippen molar-refractivity contribution in [1.82, 2.24) is 10.2 Å². The lowest BCUT2D eigenvalue weighted by Crippen LogP contribution is -2.39. The third kappa shape index (κ3) is 6.56. The van der Waals surface area contributed by atoms with Crippen LogP contribution in [0, 0.1) is 6.92 Å². The smallest absolute Gasteiger partial charge is 0.347 e. The summed E-state index contributed by atoms with van der Waals surface area (Å²) in [6, 6.07) is 9.90. The molecule has 1 saturated heterocycles. The quantitative estimate of drug-likeness (QED) is 0.623. The Bertz CT molecular complexity index is 1120. The summed E-state index contributed by atoms with van der Waals surface area (Å²) in [5.41, 5.74) is 0.222. The van der Waals surface area contributed by atoms with Gasteiger partial charge in [0.15, 0.2) is 9.84 Å². The molecule has 33 heavy (non-hydrogen) atoms. The summed E-state index contributed by atoms with van der Waals surface area (Å²) in [6.07, 6.45) is -3.94. The number of hydrogen-bond acceptors (Lipinski definition) is 4. The molecular formula is C23H25F3N2O4S. The third-order valence-corrected chi connectivity index (χ3v) is 7.24. The molecule has 0 bridgehead atoms. The molecule has 2 aromatic rings. The van der Waals surface area contributed by atoms with Crippen molar-refractivity contribution in [2.24, 2.45) is 0 Å². The summed E-state index contributed by atoms with van der Waals surface area (Å²) in [7, 11) is -3.70. The zero-order valence-electron chi connectivity index (χ0n) is 18.1. The minimum Gasteiger partial charge on any atom is -0.347 e. The van der Waals surface area contributed by atoms with Crippen LogP contribution in [0.1, 0.15) is 42.0 Å². The van der Waals surface area contributed by atoms with Gasteiger partial charge in [-0.1, -0.05) is 29.8 Å². The first kappa shape index (κ1) is 24.8. The maximum Gasteiger partial charge on any atom is 0.416 e. The van der Waals surface area contributed by atoms with E-state index in [0.29, 0.717) is 19.4 Å². The summed E-state index contributed by atoms with van der Waals surface area (Å²) in [4.78, 5) is 26.2. The number of nitrogens with one attached hydrogen (secondary N) is 1. The maximum atomic E-state index is 13.2. The molecular weight excluding hydrogens is 457 g/mol. The average Bonchev–Trinajstić information content (AvgIpc) is 3.16. The van der Waals surface area contributed by atoms with Crippen LogP contribution in [0.15, 0.2) is 53.4 Å². The summed E-state index contributed by atoms with van der Waals surface area (Å²) in [5, 5.41) is 2.63. The molecule has 0 saturated carbocycles. The first-order valence-electron chi connectivity index (χ1n) is 10.5. The van der Waals surface area contributed by atoms with E-state index in [1.807, 2.05) is 6.92 Å². The van der Waals surface area contributed by atoms with Gasteiger partial charge >= 0.3 is 6.18 Å². The van der Waals surface area contributed by atoms with Gasteiger partial charge in [-0.15, -0.1) is 0 Å². The Morgan fingerprint density at radius 1 is 1.15 bits per heavy atom. The molecule has 1 unspecified atom stereocenters. The summed E-state index contributed by atoms with van der Waals surface area (Å²) < 4.78 is 64.6. The van der Waals surface area contributed by atoms with Gasteiger partial charge in [0.25, 0.3) is 0 Å². The molecule has 10 heteroatoms. The molecule has 1 atom stereocenters. The fourth-order valence-electron chi connectivity index (χ4n) is 3.64. The van der Waals surface area contributed by atoms with Crippen LogP contribution in [0.25, 0.3) is 0 Å². The van der Waals surface area contributed by atoms with E-state index in [0.717, 1.165) is 17.7 Å². The highest BCUT2D eigenvalue weighted by molar-refractivity contribution is 7.91. The van der Waals surface area contributed by atoms with Gasteiger partial charge < -0.3 is 10.2 Å². The van der Waals surface area contributed by atoms with Crippen LogP contribution in [0.3, 0.4) is 0 Å². The SMILES string of the molecule is Cc1ccc(S(=O)(=O)CCC(=O)NC(CN2CCCC2=O)c2cccc(C(F)(F)F)c2)cc1. The van der Waals surface area contributed by atoms with Gasteiger partial charge in [0, 0.05) is 25.9 Å². The highest BCUT2D eigenvalue weighted by atomic mass is 32.2. The highest BCUT2D eigenvalue weighted by Crippen LogP contribution is 2.31. The summed E-state index contributed by atoms with van der Waals surface area (Å²) in [6.45, 7) is 2.28. The minimum absolute atomic E-state index is 0.0105. The zero-order valence-corrected chi connectivity index (χ0v) is 18.9. The van der Waals surface area contributed by atoms with Crippen molar-refractivity contribution in [2.75, 3.05) is 18.8 Å². The van der Waals surface area contributed by atoms with Gasteiger partial charge in [0.2, 0.25) is 11.8 Å². The van der Waals surface area contributed by atoms with Gasteiger partial charge in [-0.05, 0) is 43.2 Å². The third-order valence-electron chi connectivity index (χ3n) is 5.50. The predicted octanol–water partition coefficient (Wildman–Crippen LogP) is 3.66. The van der Waals surface area contributed by atoms with E-state index >= 15 is 0 Å². The number of rotatable bonds is 8. The monoisotopic (exact) mass is 482 g/mol. The summed E-state index contributed by atoms with van der Waals surface area (Å²) >= 11 is 0. The Morgan fingerprint density at radius 2 is 1.85 bits per heavy atom. The molecule has 1 heterocycles. The number of aryl methyl sites for hydroxylation is 1. The number of benzene rings is 2. The normalized spacial score (nSPS) is 15.5. The van der Waals surface area contributed by atoms with Crippen molar-refractivity contribution in [2.45, 2.75) is 43.3 Å². The van der Waals surface area contributed by atoms with E-state index in [9.17, 15) is 31.2 Å². The lowest BCUT2D eigenvalue weighted by Gasteiger charge is -2.26. The van der Waals surface area contributed by atoms with Crippen LogP contribution in [0.4, 0.5) is 13.2 Å². The molecule has 0 aliphatic carbocycles. The first-order valence-corrected chi connectivity index (χ1v) is 12.1. The predicted molar refractivity (Wildman–Crippen MR) is 116 cm³/mol. The second-order valence-electron chi connectivity index (χ2n) is 8.07. The molecule has 0 radical (unpaired) electrons. The molecule has 1 N–H and O–H groups in total. The molecule has 3 rings (SSSR count). The second kappa shape index (κ2) is 9.94. The Balaban J connectivity index is 1.74. The Labute approximate surface area is 190 Å². The molecule has 6 nitrogen and oxygen atoms in total. The van der Waals surface area contributed by atoms with Crippen LogP contribution < -0.4 is 5.32 Å². The zero-order chi connectivity index (χ0) is 24.2. The molecule has 1 fully saturated rings. The molecule has 2 aromatic carbocycles. The standard InChI is InChI=1S/C23H25F3N2O4S/c1-16-7-9-19(10-8-16)33(31,32)13-11-21(29)27-20(15-28-12-3-6-22(28)30)17-4-2-5-18(14-17)23(24,25)26/h2,4-5,7-10,14,20H,3,6,11-13,15H2,1H3,(H,27,29). The van der Waals surface area contributed by atoms with Crippen LogP contribution in [-0.2, 0) is 25.6 Å². The Hall–Kier alpha value is -2.88. The number of amides is 2.